The van der Waals surface area contributed by atoms with Crippen molar-refractivity contribution >= 4 is 0 Å². The van der Waals surface area contributed by atoms with E-state index in [1.165, 1.54) is 0 Å². The second-order valence-electron chi connectivity index (χ2n) is 3.42. The summed E-state index contributed by atoms with van der Waals surface area (Å²) in [6.45, 7) is 0.788. The van der Waals surface area contributed by atoms with Crippen LogP contribution in [0.4, 0.5) is 0 Å². The zero-order valence-corrected chi connectivity index (χ0v) is 8.65. The molecule has 0 radical (unpaired) electrons. The van der Waals surface area contributed by atoms with Gasteiger partial charge in [0.25, 0.3) is 0 Å². The number of aromatic nitrogens is 1. The molecule has 0 spiro atoms. The molecule has 0 aromatic carbocycles. The maximum absolute atomic E-state index is 5.95. The van der Waals surface area contributed by atoms with Crippen LogP contribution in [0.1, 0.15) is 18.5 Å². The summed E-state index contributed by atoms with van der Waals surface area (Å²) >= 11 is 0. The van der Waals surface area contributed by atoms with E-state index in [0.717, 1.165) is 31.6 Å². The number of pyridine rings is 1. The zero-order chi connectivity index (χ0) is 10.2. The Labute approximate surface area is 85.3 Å². The topological polar surface area (TPSA) is 48.1 Å². The first-order valence-electron chi connectivity index (χ1n) is 4.97. The lowest BCUT2D eigenvalue weighted by atomic mass is 10.1. The van der Waals surface area contributed by atoms with Gasteiger partial charge in [0.05, 0.1) is 0 Å². The molecule has 1 unspecified atom stereocenters. The Balaban J connectivity index is 2.23. The molecule has 1 heterocycles. The van der Waals surface area contributed by atoms with Gasteiger partial charge >= 0.3 is 0 Å². The van der Waals surface area contributed by atoms with Crippen LogP contribution in [0.2, 0.25) is 0 Å². The minimum absolute atomic E-state index is 0.194. The second kappa shape index (κ2) is 6.51. The van der Waals surface area contributed by atoms with Gasteiger partial charge in [-0.3, -0.25) is 4.98 Å². The second-order valence-corrected chi connectivity index (χ2v) is 3.42. The number of rotatable bonds is 6. The minimum atomic E-state index is 0.194. The summed E-state index contributed by atoms with van der Waals surface area (Å²) in [7, 11) is 1.71. The number of nitrogens with two attached hydrogens (primary N) is 1. The van der Waals surface area contributed by atoms with Crippen LogP contribution in [0, 0.1) is 0 Å². The average Bonchev–Trinajstić information content (AvgIpc) is 2.20. The number of methoxy groups -OCH3 is 1. The number of hydrogen-bond donors (Lipinski definition) is 1. The molecular weight excluding hydrogens is 176 g/mol. The zero-order valence-electron chi connectivity index (χ0n) is 8.65. The fraction of sp³-hybridized carbons (Fsp3) is 0.545. The van der Waals surface area contributed by atoms with E-state index in [-0.39, 0.29) is 6.04 Å². The lowest BCUT2D eigenvalue weighted by molar-refractivity contribution is 0.190. The van der Waals surface area contributed by atoms with Crippen LogP contribution in [0.15, 0.2) is 24.4 Å². The Hall–Kier alpha value is -0.930. The first-order chi connectivity index (χ1) is 6.83. The molecule has 1 aromatic heterocycles. The van der Waals surface area contributed by atoms with Crippen molar-refractivity contribution in [3.8, 4) is 0 Å². The van der Waals surface area contributed by atoms with Gasteiger partial charge < -0.3 is 10.5 Å². The van der Waals surface area contributed by atoms with Gasteiger partial charge in [-0.25, -0.2) is 0 Å². The molecule has 1 aromatic rings. The first-order valence-corrected chi connectivity index (χ1v) is 4.97. The van der Waals surface area contributed by atoms with Gasteiger partial charge in [-0.1, -0.05) is 6.07 Å². The molecule has 3 heteroatoms. The van der Waals surface area contributed by atoms with Crippen molar-refractivity contribution in [3.63, 3.8) is 0 Å². The van der Waals surface area contributed by atoms with E-state index < -0.39 is 0 Å². The summed E-state index contributed by atoms with van der Waals surface area (Å²) in [6, 6.07) is 6.11. The Morgan fingerprint density at radius 3 is 3.00 bits per heavy atom. The van der Waals surface area contributed by atoms with E-state index in [2.05, 4.69) is 4.98 Å². The highest BCUT2D eigenvalue weighted by atomic mass is 16.5. The highest BCUT2D eigenvalue weighted by Crippen LogP contribution is 2.02. The maximum Gasteiger partial charge on any atom is 0.0462 e. The largest absolute Gasteiger partial charge is 0.385 e. The van der Waals surface area contributed by atoms with Crippen LogP contribution in [0.25, 0.3) is 0 Å². The van der Waals surface area contributed by atoms with Crippen molar-refractivity contribution < 1.29 is 4.74 Å². The monoisotopic (exact) mass is 194 g/mol. The van der Waals surface area contributed by atoms with E-state index in [0.29, 0.717) is 0 Å². The van der Waals surface area contributed by atoms with Crippen molar-refractivity contribution in [2.75, 3.05) is 13.7 Å². The Kier molecular flexibility index (Phi) is 5.19. The molecule has 14 heavy (non-hydrogen) atoms. The fourth-order valence-electron chi connectivity index (χ4n) is 1.38. The van der Waals surface area contributed by atoms with Crippen LogP contribution in [-0.2, 0) is 11.2 Å². The molecule has 0 bridgehead atoms. The summed E-state index contributed by atoms with van der Waals surface area (Å²) < 4.78 is 4.97. The number of nitrogens with zero attached hydrogens (tertiary/aromatic N) is 1. The minimum Gasteiger partial charge on any atom is -0.385 e. The highest BCUT2D eigenvalue weighted by Gasteiger charge is 2.03. The van der Waals surface area contributed by atoms with E-state index in [1.807, 2.05) is 18.2 Å². The molecule has 0 aliphatic heterocycles. The number of hydrogen-bond acceptors (Lipinski definition) is 3. The smallest absolute Gasteiger partial charge is 0.0462 e. The third-order valence-electron chi connectivity index (χ3n) is 2.12. The van der Waals surface area contributed by atoms with E-state index in [1.54, 1.807) is 13.3 Å². The van der Waals surface area contributed by atoms with Gasteiger partial charge in [-0.15, -0.1) is 0 Å². The molecule has 0 saturated carbocycles. The molecule has 1 atom stereocenters. The van der Waals surface area contributed by atoms with Crippen molar-refractivity contribution in [2.24, 2.45) is 5.73 Å². The Morgan fingerprint density at radius 2 is 2.36 bits per heavy atom. The standard InChI is InChI=1S/C11H18N2O/c1-14-8-4-5-10(12)9-11-6-2-3-7-13-11/h2-3,6-7,10H,4-5,8-9,12H2,1H3. The van der Waals surface area contributed by atoms with Gasteiger partial charge in [0.15, 0.2) is 0 Å². The average molecular weight is 194 g/mol. The molecule has 0 saturated heterocycles. The maximum atomic E-state index is 5.95. The van der Waals surface area contributed by atoms with Crippen LogP contribution >= 0.6 is 0 Å². The summed E-state index contributed by atoms with van der Waals surface area (Å²) in [5, 5.41) is 0. The van der Waals surface area contributed by atoms with E-state index in [9.17, 15) is 0 Å². The quantitative estimate of drug-likeness (QED) is 0.696. The fourth-order valence-corrected chi connectivity index (χ4v) is 1.38. The molecule has 2 N–H and O–H groups in total. The van der Waals surface area contributed by atoms with E-state index in [4.69, 9.17) is 10.5 Å². The van der Waals surface area contributed by atoms with Crippen LogP contribution in [0.3, 0.4) is 0 Å². The summed E-state index contributed by atoms with van der Waals surface area (Å²) in [5.41, 5.74) is 7.02. The first kappa shape index (κ1) is 11.1. The lowest BCUT2D eigenvalue weighted by Gasteiger charge is -2.10. The van der Waals surface area contributed by atoms with Gasteiger partial charge in [0.2, 0.25) is 0 Å². The van der Waals surface area contributed by atoms with Crippen LogP contribution < -0.4 is 5.73 Å². The van der Waals surface area contributed by atoms with Crippen molar-refractivity contribution in [3.05, 3.63) is 30.1 Å². The van der Waals surface area contributed by atoms with Crippen molar-refractivity contribution in [1.29, 1.82) is 0 Å². The van der Waals surface area contributed by atoms with Crippen LogP contribution in [-0.4, -0.2) is 24.7 Å². The third-order valence-corrected chi connectivity index (χ3v) is 2.12. The Morgan fingerprint density at radius 1 is 1.50 bits per heavy atom. The van der Waals surface area contributed by atoms with Crippen LogP contribution in [0.5, 0.6) is 0 Å². The molecule has 0 aliphatic carbocycles. The SMILES string of the molecule is COCCCC(N)Cc1ccccn1. The molecular formula is C11H18N2O. The molecule has 0 fully saturated rings. The normalized spacial score (nSPS) is 12.7. The molecule has 1 rings (SSSR count). The summed E-state index contributed by atoms with van der Waals surface area (Å²) in [4.78, 5) is 4.24. The molecule has 0 amide bonds. The van der Waals surface area contributed by atoms with Gasteiger partial charge in [0, 0.05) is 38.1 Å². The Bertz CT molecular complexity index is 238. The van der Waals surface area contributed by atoms with Crippen molar-refractivity contribution in [2.45, 2.75) is 25.3 Å². The van der Waals surface area contributed by atoms with Gasteiger partial charge in [0.1, 0.15) is 0 Å². The van der Waals surface area contributed by atoms with Gasteiger partial charge in [-0.05, 0) is 25.0 Å². The highest BCUT2D eigenvalue weighted by molar-refractivity contribution is 5.04. The van der Waals surface area contributed by atoms with Crippen molar-refractivity contribution in [1.82, 2.24) is 4.98 Å². The molecule has 78 valence electrons. The van der Waals surface area contributed by atoms with Gasteiger partial charge in [-0.2, -0.15) is 0 Å². The van der Waals surface area contributed by atoms with E-state index >= 15 is 0 Å². The predicted octanol–water partition coefficient (Wildman–Crippen LogP) is 1.38. The lowest BCUT2D eigenvalue weighted by Crippen LogP contribution is -2.23. The molecule has 0 aliphatic rings. The summed E-state index contributed by atoms with van der Waals surface area (Å²) in [5.74, 6) is 0. The third kappa shape index (κ3) is 4.35. The summed E-state index contributed by atoms with van der Waals surface area (Å²) in [6.07, 6.45) is 4.66. The predicted molar refractivity (Wildman–Crippen MR) is 57.0 cm³/mol. The number of ether oxygens (including phenoxy) is 1. The molecule has 3 nitrogen and oxygen atoms in total.